The Morgan fingerprint density at radius 2 is 1.06 bits per heavy atom. The Balaban J connectivity index is 1.10. The second-order valence-corrected chi connectivity index (χ2v) is 12.9. The van der Waals surface area contributed by atoms with Crippen molar-refractivity contribution >= 4 is 65.6 Å². The second kappa shape index (κ2) is 10.8. The van der Waals surface area contributed by atoms with Gasteiger partial charge in [-0.3, -0.25) is 0 Å². The van der Waals surface area contributed by atoms with Crippen LogP contribution in [0.15, 0.2) is 186 Å². The molecule has 3 heterocycles. The van der Waals surface area contributed by atoms with Gasteiger partial charge in [0, 0.05) is 43.7 Å². The van der Waals surface area contributed by atoms with Crippen LogP contribution < -0.4 is 0 Å². The van der Waals surface area contributed by atoms with Gasteiger partial charge in [0.25, 0.3) is 0 Å². The van der Waals surface area contributed by atoms with Crippen molar-refractivity contribution in [3.63, 3.8) is 0 Å². The number of fused-ring (bicyclic) bond motifs is 9. The molecule has 0 amide bonds. The molecule has 0 unspecified atom stereocenters. The van der Waals surface area contributed by atoms with Crippen LogP contribution in [-0.2, 0) is 0 Å². The molecule has 51 heavy (non-hydrogen) atoms. The fraction of sp³-hybridized carbons (Fsp3) is 0. The summed E-state index contributed by atoms with van der Waals surface area (Å²) in [5.41, 5.74) is 9.95. The maximum absolute atomic E-state index is 8.85. The van der Waals surface area contributed by atoms with Gasteiger partial charge >= 0.3 is 0 Å². The number of hydrogen-bond donors (Lipinski definition) is 0. The van der Waals surface area contributed by atoms with Crippen LogP contribution in [-0.4, -0.2) is 9.13 Å². The van der Waals surface area contributed by atoms with Crippen LogP contribution in [0.2, 0.25) is 0 Å². The number of nitrogens with zero attached hydrogens (tertiary/aromatic N) is 2. The highest BCUT2D eigenvalue weighted by molar-refractivity contribution is 6.15. The molecule has 0 spiro atoms. The van der Waals surface area contributed by atoms with Gasteiger partial charge in [-0.15, -0.1) is 0 Å². The summed E-state index contributed by atoms with van der Waals surface area (Å²) >= 11 is 0. The molecule has 0 aliphatic carbocycles. The quantitative estimate of drug-likeness (QED) is 0.185. The average Bonchev–Trinajstić information content (AvgIpc) is 3.90. The minimum absolute atomic E-state index is 0.145. The Hall–Kier alpha value is -6.84. The fourth-order valence-corrected chi connectivity index (χ4v) is 7.90. The zero-order valence-corrected chi connectivity index (χ0v) is 27.2. The van der Waals surface area contributed by atoms with Gasteiger partial charge in [-0.05, 0) is 95.0 Å². The van der Waals surface area contributed by atoms with Gasteiger partial charge in [0.15, 0.2) is 0 Å². The molecule has 8 aromatic carbocycles. The minimum atomic E-state index is -0.422. The van der Waals surface area contributed by atoms with E-state index in [1.807, 2.05) is 54.6 Å². The summed E-state index contributed by atoms with van der Waals surface area (Å²) in [4.78, 5) is 0. The van der Waals surface area contributed by atoms with E-state index >= 15 is 0 Å². The Morgan fingerprint density at radius 3 is 1.84 bits per heavy atom. The molecule has 0 N–H and O–H groups in total. The lowest BCUT2D eigenvalue weighted by Gasteiger charge is -2.10. The van der Waals surface area contributed by atoms with E-state index in [1.165, 1.54) is 0 Å². The van der Waals surface area contributed by atoms with E-state index < -0.39 is 6.04 Å². The first-order valence-corrected chi connectivity index (χ1v) is 16.9. The molecule has 3 nitrogen and oxygen atoms in total. The molecule has 0 atom stereocenters. The maximum Gasteiger partial charge on any atom is 0.136 e. The molecule has 11 aromatic rings. The number of furan rings is 1. The Morgan fingerprint density at radius 1 is 0.392 bits per heavy atom. The molecule has 0 saturated heterocycles. The largest absolute Gasteiger partial charge is 0.456 e. The third-order valence-corrected chi connectivity index (χ3v) is 10.1. The Labute approximate surface area is 302 Å². The van der Waals surface area contributed by atoms with Crippen molar-refractivity contribution in [2.24, 2.45) is 0 Å². The summed E-state index contributed by atoms with van der Waals surface area (Å²) in [6, 6.07) is 47.9. The van der Waals surface area contributed by atoms with Crippen molar-refractivity contribution in [1.82, 2.24) is 9.13 Å². The van der Waals surface area contributed by atoms with E-state index in [1.54, 1.807) is 12.1 Å². The van der Waals surface area contributed by atoms with Crippen LogP contribution in [0.25, 0.3) is 99.2 Å². The first kappa shape index (κ1) is 22.7. The van der Waals surface area contributed by atoms with E-state index in [-0.39, 0.29) is 29.7 Å². The molecule has 3 aromatic heterocycles. The molecular weight excluding hydrogens is 621 g/mol. The third-order valence-electron chi connectivity index (χ3n) is 10.1. The van der Waals surface area contributed by atoms with Crippen LogP contribution in [0.3, 0.4) is 0 Å². The Kier molecular flexibility index (Phi) is 4.83. The number of rotatable bonds is 4. The molecule has 0 saturated carbocycles. The number of aromatic nitrogens is 2. The fourth-order valence-electron chi connectivity index (χ4n) is 7.90. The summed E-state index contributed by atoms with van der Waals surface area (Å²) in [7, 11) is 0. The van der Waals surface area contributed by atoms with Crippen molar-refractivity contribution in [3.05, 3.63) is 182 Å². The maximum atomic E-state index is 8.85. The highest BCUT2D eigenvalue weighted by Crippen LogP contribution is 2.41. The predicted molar refractivity (Wildman–Crippen MR) is 213 cm³/mol. The Bertz CT molecular complexity index is 3460. The van der Waals surface area contributed by atoms with Crippen LogP contribution in [0.5, 0.6) is 0 Å². The highest BCUT2D eigenvalue weighted by Gasteiger charge is 2.18. The van der Waals surface area contributed by atoms with Crippen LogP contribution in [0.4, 0.5) is 0 Å². The molecule has 0 aliphatic rings. The van der Waals surface area contributed by atoms with E-state index in [2.05, 4.69) is 88.0 Å². The molecule has 0 fully saturated rings. The highest BCUT2D eigenvalue weighted by atomic mass is 16.3. The lowest BCUT2D eigenvalue weighted by molar-refractivity contribution is 0.669. The molecule has 0 bridgehead atoms. The molecule has 238 valence electrons. The first-order valence-electron chi connectivity index (χ1n) is 19.9. The lowest BCUT2D eigenvalue weighted by atomic mass is 9.99. The number of hydrogen-bond acceptors (Lipinski definition) is 1. The normalized spacial score (nSPS) is 13.6. The SMILES string of the molecule is [2H]c1c([2H])c([2H])c(-c2cccc3oc4ccc(-n5c6ccccc6c6cc(-c7ccc8c(c7)c7cccc([2H])c7n8-c7ccccc7)ccc65)cc4c23)c([2H])c1[2H]. The summed E-state index contributed by atoms with van der Waals surface area (Å²) in [5.74, 6) is 0. The van der Waals surface area contributed by atoms with Crippen molar-refractivity contribution < 1.29 is 12.6 Å². The van der Waals surface area contributed by atoms with Crippen LogP contribution in [0.1, 0.15) is 8.22 Å². The molecule has 3 heteroatoms. The number of para-hydroxylation sites is 3. The van der Waals surface area contributed by atoms with Gasteiger partial charge in [0.1, 0.15) is 11.2 Å². The zero-order valence-electron chi connectivity index (χ0n) is 33.2. The summed E-state index contributed by atoms with van der Waals surface area (Å²) in [6.45, 7) is 0. The monoisotopic (exact) mass is 656 g/mol. The van der Waals surface area contributed by atoms with Gasteiger partial charge < -0.3 is 13.6 Å². The third kappa shape index (κ3) is 4.19. The van der Waals surface area contributed by atoms with E-state index in [4.69, 9.17) is 12.6 Å². The lowest BCUT2D eigenvalue weighted by Crippen LogP contribution is -1.93. The van der Waals surface area contributed by atoms with Gasteiger partial charge in [-0.2, -0.15) is 0 Å². The number of benzene rings is 8. The standard InChI is InChI=1S/C48H30N2O/c1-3-12-31(13-4-1)36-18-11-21-47-48(36)41-30-35(24-27-46(41)51-47)50-43-20-10-8-17-38(43)40-29-33(23-26-45(40)50)32-22-25-44-39(28-32)37-16-7-9-19-42(37)49(44)34-14-5-2-6-15-34/h1-30H/i1D,3D,4D,12D,13D,19D. The van der Waals surface area contributed by atoms with Gasteiger partial charge in [0.2, 0.25) is 0 Å². The van der Waals surface area contributed by atoms with Crippen molar-refractivity contribution in [2.75, 3.05) is 0 Å². The molecule has 11 rings (SSSR count). The first-order chi connectivity index (χ1) is 27.8. The van der Waals surface area contributed by atoms with Gasteiger partial charge in [-0.1, -0.05) is 109 Å². The average molecular weight is 657 g/mol. The van der Waals surface area contributed by atoms with Crippen molar-refractivity contribution in [2.45, 2.75) is 0 Å². The summed E-state index contributed by atoms with van der Waals surface area (Å²) in [6.07, 6.45) is 0. The second-order valence-electron chi connectivity index (χ2n) is 12.9. The smallest absolute Gasteiger partial charge is 0.136 e. The summed E-state index contributed by atoms with van der Waals surface area (Å²) in [5, 5.41) is 5.81. The van der Waals surface area contributed by atoms with Gasteiger partial charge in [-0.25, -0.2) is 0 Å². The minimum Gasteiger partial charge on any atom is -0.456 e. The van der Waals surface area contributed by atoms with E-state index in [0.29, 0.717) is 28.2 Å². The molecular formula is C48H30N2O. The van der Waals surface area contributed by atoms with E-state index in [0.717, 1.165) is 71.5 Å². The van der Waals surface area contributed by atoms with Gasteiger partial charge in [0.05, 0.1) is 30.3 Å². The molecule has 0 radical (unpaired) electrons. The predicted octanol–water partition coefficient (Wildman–Crippen LogP) is 13.1. The van der Waals surface area contributed by atoms with Crippen molar-refractivity contribution in [3.8, 4) is 33.6 Å². The van der Waals surface area contributed by atoms with Crippen LogP contribution >= 0.6 is 0 Å². The van der Waals surface area contributed by atoms with Crippen molar-refractivity contribution in [1.29, 1.82) is 0 Å². The van der Waals surface area contributed by atoms with Crippen LogP contribution in [0, 0.1) is 0 Å². The summed E-state index contributed by atoms with van der Waals surface area (Å²) < 4.78 is 61.8. The molecule has 0 aliphatic heterocycles. The topological polar surface area (TPSA) is 23.0 Å². The van der Waals surface area contributed by atoms with E-state index in [9.17, 15) is 0 Å². The zero-order chi connectivity index (χ0) is 38.7.